The molecule has 1 atom stereocenters. The average Bonchev–Trinajstić information content (AvgIpc) is 3.10. The summed E-state index contributed by atoms with van der Waals surface area (Å²) in [7, 11) is 0. The van der Waals surface area contributed by atoms with Gasteiger partial charge in [-0.25, -0.2) is 0 Å². The third-order valence-electron chi connectivity index (χ3n) is 5.10. The molecule has 1 fully saturated rings. The highest BCUT2D eigenvalue weighted by atomic mass is 16.5. The zero-order valence-electron chi connectivity index (χ0n) is 16.5. The number of para-hydroxylation sites is 1. The highest BCUT2D eigenvalue weighted by Gasteiger charge is 2.21. The monoisotopic (exact) mass is 386 g/mol. The van der Waals surface area contributed by atoms with Gasteiger partial charge in [0.1, 0.15) is 6.04 Å². The van der Waals surface area contributed by atoms with Crippen LogP contribution >= 0.6 is 0 Å². The first-order valence-electron chi connectivity index (χ1n) is 10.0. The molecule has 152 valence electrons. The van der Waals surface area contributed by atoms with Crippen molar-refractivity contribution in [3.63, 3.8) is 0 Å². The molecule has 1 aliphatic heterocycles. The molecule has 0 aliphatic carbocycles. The Bertz CT molecular complexity index is 783. The van der Waals surface area contributed by atoms with E-state index in [1.807, 2.05) is 30.5 Å². The predicted molar refractivity (Wildman–Crippen MR) is 109 cm³/mol. The number of nitrogens with zero attached hydrogens (tertiary/aromatic N) is 1. The van der Waals surface area contributed by atoms with E-state index in [1.54, 1.807) is 0 Å². The van der Waals surface area contributed by atoms with Gasteiger partial charge in [-0.2, -0.15) is 0 Å². The molecule has 1 unspecified atom stereocenters. The van der Waals surface area contributed by atoms with Crippen LogP contribution in [0, 0.1) is 0 Å². The van der Waals surface area contributed by atoms with Crippen LogP contribution in [0.4, 0.5) is 0 Å². The van der Waals surface area contributed by atoms with E-state index in [2.05, 4.69) is 20.5 Å². The van der Waals surface area contributed by atoms with Crippen LogP contribution in [0.5, 0.6) is 0 Å². The molecule has 0 spiro atoms. The topological polar surface area (TPSA) is 86.5 Å². The van der Waals surface area contributed by atoms with Gasteiger partial charge in [-0.3, -0.25) is 14.5 Å². The molecular weight excluding hydrogens is 356 g/mol. The van der Waals surface area contributed by atoms with Crippen molar-refractivity contribution in [1.29, 1.82) is 0 Å². The first kappa shape index (κ1) is 20.4. The van der Waals surface area contributed by atoms with E-state index in [-0.39, 0.29) is 11.8 Å². The van der Waals surface area contributed by atoms with Gasteiger partial charge in [0.15, 0.2) is 0 Å². The number of ether oxygens (including phenoxy) is 1. The molecule has 0 bridgehead atoms. The number of hydrogen-bond acceptors (Lipinski definition) is 4. The summed E-state index contributed by atoms with van der Waals surface area (Å²) in [4.78, 5) is 29.8. The zero-order chi connectivity index (χ0) is 19.8. The second-order valence-corrected chi connectivity index (χ2v) is 7.27. The van der Waals surface area contributed by atoms with Gasteiger partial charge in [0.2, 0.25) is 11.8 Å². The van der Waals surface area contributed by atoms with E-state index in [4.69, 9.17) is 4.74 Å². The maximum atomic E-state index is 12.6. The van der Waals surface area contributed by atoms with Crippen molar-refractivity contribution in [1.82, 2.24) is 20.5 Å². The van der Waals surface area contributed by atoms with Gasteiger partial charge in [0.05, 0.1) is 13.2 Å². The lowest BCUT2D eigenvalue weighted by Crippen LogP contribution is -2.47. The van der Waals surface area contributed by atoms with Gasteiger partial charge in [-0.1, -0.05) is 18.2 Å². The largest absolute Gasteiger partial charge is 0.379 e. The highest BCUT2D eigenvalue weighted by Crippen LogP contribution is 2.19. The number of nitrogens with one attached hydrogen (secondary N) is 3. The fourth-order valence-electron chi connectivity index (χ4n) is 3.60. The van der Waals surface area contributed by atoms with Crippen molar-refractivity contribution < 1.29 is 14.3 Å². The fourth-order valence-corrected chi connectivity index (χ4v) is 3.60. The Hall–Kier alpha value is -2.38. The molecule has 3 N–H and O–H groups in total. The van der Waals surface area contributed by atoms with Crippen molar-refractivity contribution in [2.45, 2.75) is 32.2 Å². The second-order valence-electron chi connectivity index (χ2n) is 7.27. The number of rotatable bonds is 9. The maximum Gasteiger partial charge on any atom is 0.242 e. The Balaban J connectivity index is 1.48. The number of fused-ring (bicyclic) bond motifs is 1. The number of benzene rings is 1. The van der Waals surface area contributed by atoms with Crippen LogP contribution in [0.2, 0.25) is 0 Å². The van der Waals surface area contributed by atoms with Crippen LogP contribution in [-0.2, 0) is 20.7 Å². The van der Waals surface area contributed by atoms with Gasteiger partial charge < -0.3 is 20.4 Å². The molecule has 2 amide bonds. The number of carbonyl (C=O) groups excluding carboxylic acids is 2. The van der Waals surface area contributed by atoms with Gasteiger partial charge in [-0.15, -0.1) is 0 Å². The average molecular weight is 386 g/mol. The Labute approximate surface area is 165 Å². The van der Waals surface area contributed by atoms with Crippen molar-refractivity contribution in [3.8, 4) is 0 Å². The standard InChI is InChI=1S/C21H30N4O3/c1-16(26)24-20(14-17-15-23-19-7-3-2-6-18(17)19)21(27)22-8-4-5-9-25-10-12-28-13-11-25/h2-3,6-7,15,20,23H,4-5,8-14H2,1H3,(H,22,27)(H,24,26). The SMILES string of the molecule is CC(=O)NC(Cc1c[nH]c2ccccc12)C(=O)NCCCCN1CCOCC1. The Morgan fingerprint density at radius 2 is 2.00 bits per heavy atom. The van der Waals surface area contributed by atoms with Crippen molar-refractivity contribution in [3.05, 3.63) is 36.0 Å². The third kappa shape index (κ3) is 5.81. The Morgan fingerprint density at radius 3 is 2.79 bits per heavy atom. The molecule has 0 radical (unpaired) electrons. The third-order valence-corrected chi connectivity index (χ3v) is 5.10. The number of amides is 2. The van der Waals surface area contributed by atoms with Gasteiger partial charge in [0, 0.05) is 50.1 Å². The first-order valence-corrected chi connectivity index (χ1v) is 10.0. The smallest absolute Gasteiger partial charge is 0.242 e. The lowest BCUT2D eigenvalue weighted by molar-refractivity contribution is -0.128. The van der Waals surface area contributed by atoms with Crippen LogP contribution in [0.3, 0.4) is 0 Å². The van der Waals surface area contributed by atoms with Gasteiger partial charge >= 0.3 is 0 Å². The van der Waals surface area contributed by atoms with Crippen LogP contribution < -0.4 is 10.6 Å². The van der Waals surface area contributed by atoms with Gasteiger partial charge in [0.25, 0.3) is 0 Å². The van der Waals surface area contributed by atoms with Crippen LogP contribution in [0.1, 0.15) is 25.3 Å². The molecule has 1 saturated heterocycles. The fraction of sp³-hybridized carbons (Fsp3) is 0.524. The summed E-state index contributed by atoms with van der Waals surface area (Å²) >= 11 is 0. The van der Waals surface area contributed by atoms with Crippen LogP contribution in [-0.4, -0.2) is 67.1 Å². The molecule has 28 heavy (non-hydrogen) atoms. The van der Waals surface area contributed by atoms with Gasteiger partial charge in [-0.05, 0) is 31.0 Å². The van der Waals surface area contributed by atoms with E-state index in [0.717, 1.165) is 62.2 Å². The van der Waals surface area contributed by atoms with Crippen molar-refractivity contribution >= 4 is 22.7 Å². The second kappa shape index (κ2) is 10.2. The molecule has 1 aromatic heterocycles. The number of aromatic amines is 1. The summed E-state index contributed by atoms with van der Waals surface area (Å²) in [5, 5.41) is 6.85. The van der Waals surface area contributed by atoms with Crippen molar-refractivity contribution in [2.75, 3.05) is 39.4 Å². The molecule has 0 saturated carbocycles. The number of carbonyl (C=O) groups is 2. The lowest BCUT2D eigenvalue weighted by atomic mass is 10.0. The predicted octanol–water partition coefficient (Wildman–Crippen LogP) is 1.44. The van der Waals surface area contributed by atoms with Crippen LogP contribution in [0.15, 0.2) is 30.5 Å². The molecule has 3 rings (SSSR count). The number of morpholine rings is 1. The minimum atomic E-state index is -0.573. The Morgan fingerprint density at radius 1 is 1.21 bits per heavy atom. The molecule has 7 nitrogen and oxygen atoms in total. The first-order chi connectivity index (χ1) is 13.6. The van der Waals surface area contributed by atoms with Crippen molar-refractivity contribution in [2.24, 2.45) is 0 Å². The molecule has 1 aliphatic rings. The molecular formula is C21H30N4O3. The normalized spacial score (nSPS) is 16.0. The summed E-state index contributed by atoms with van der Waals surface area (Å²) in [6, 6.07) is 7.39. The summed E-state index contributed by atoms with van der Waals surface area (Å²) < 4.78 is 5.35. The maximum absolute atomic E-state index is 12.6. The Kier molecular flexibility index (Phi) is 7.45. The highest BCUT2D eigenvalue weighted by molar-refractivity contribution is 5.89. The van der Waals surface area contributed by atoms with E-state index in [1.165, 1.54) is 6.92 Å². The number of aromatic nitrogens is 1. The zero-order valence-corrected chi connectivity index (χ0v) is 16.5. The lowest BCUT2D eigenvalue weighted by Gasteiger charge is -2.26. The number of H-pyrrole nitrogens is 1. The quantitative estimate of drug-likeness (QED) is 0.569. The van der Waals surface area contributed by atoms with E-state index in [9.17, 15) is 9.59 Å². The summed E-state index contributed by atoms with van der Waals surface area (Å²) in [5.41, 5.74) is 2.06. The summed E-state index contributed by atoms with van der Waals surface area (Å²) in [6.07, 6.45) is 4.33. The number of unbranched alkanes of at least 4 members (excludes halogenated alkanes) is 1. The molecule has 7 heteroatoms. The molecule has 2 heterocycles. The van der Waals surface area contributed by atoms with Crippen LogP contribution in [0.25, 0.3) is 10.9 Å². The summed E-state index contributed by atoms with van der Waals surface area (Å²) in [6.45, 7) is 6.68. The molecule has 1 aromatic carbocycles. The minimum absolute atomic E-state index is 0.133. The molecule has 2 aromatic rings. The van der Waals surface area contributed by atoms with E-state index in [0.29, 0.717) is 13.0 Å². The van der Waals surface area contributed by atoms with E-state index >= 15 is 0 Å². The summed E-state index contributed by atoms with van der Waals surface area (Å²) in [5.74, 6) is -0.334. The number of hydrogen-bond donors (Lipinski definition) is 3. The van der Waals surface area contributed by atoms with E-state index < -0.39 is 6.04 Å². The minimum Gasteiger partial charge on any atom is -0.379 e.